The minimum absolute atomic E-state index is 0.134. The highest BCUT2D eigenvalue weighted by molar-refractivity contribution is 9.10. The molecule has 0 unspecified atom stereocenters. The molecule has 2 amide bonds. The molecule has 2 aromatic carbocycles. The van der Waals surface area contributed by atoms with Crippen LogP contribution in [0.5, 0.6) is 0 Å². The summed E-state index contributed by atoms with van der Waals surface area (Å²) in [4.78, 5) is 24.4. The van der Waals surface area contributed by atoms with Crippen molar-refractivity contribution in [2.24, 2.45) is 5.10 Å². The zero-order valence-electron chi connectivity index (χ0n) is 15.7. The summed E-state index contributed by atoms with van der Waals surface area (Å²) in [6.07, 6.45) is 0. The Morgan fingerprint density at radius 2 is 1.85 bits per heavy atom. The van der Waals surface area contributed by atoms with E-state index in [-0.39, 0.29) is 17.6 Å². The van der Waals surface area contributed by atoms with E-state index in [0.717, 1.165) is 26.1 Å². The highest BCUT2D eigenvalue weighted by Crippen LogP contribution is 2.28. The highest BCUT2D eigenvalue weighted by Gasteiger charge is 2.07. The van der Waals surface area contributed by atoms with Crippen LogP contribution in [-0.2, 0) is 9.59 Å². The monoisotopic (exact) mass is 447 g/mol. The van der Waals surface area contributed by atoms with Gasteiger partial charge in [0.25, 0.3) is 0 Å². The number of carbonyl (C=O) groups is 2. The van der Waals surface area contributed by atoms with Gasteiger partial charge in [0.15, 0.2) is 0 Å². The van der Waals surface area contributed by atoms with Crippen molar-refractivity contribution in [1.29, 1.82) is 0 Å². The van der Waals surface area contributed by atoms with Crippen LogP contribution < -0.4 is 10.7 Å². The van der Waals surface area contributed by atoms with Gasteiger partial charge in [-0.3, -0.25) is 9.59 Å². The van der Waals surface area contributed by atoms with Gasteiger partial charge in [0, 0.05) is 22.0 Å². The number of anilines is 1. The van der Waals surface area contributed by atoms with Crippen LogP contribution in [0.4, 0.5) is 5.69 Å². The Bertz CT molecular complexity index is 897. The average Bonchev–Trinajstić information content (AvgIpc) is 2.61. The maximum Gasteiger partial charge on any atom is 0.250 e. The summed E-state index contributed by atoms with van der Waals surface area (Å²) in [5, 5.41) is 6.89. The second-order valence-electron chi connectivity index (χ2n) is 6.15. The molecule has 0 aliphatic rings. The first-order valence-electron chi connectivity index (χ1n) is 8.37. The third-order valence-corrected chi connectivity index (χ3v) is 5.78. The summed E-state index contributed by atoms with van der Waals surface area (Å²) in [5.74, 6) is -0.0205. The molecule has 0 saturated carbocycles. The van der Waals surface area contributed by atoms with E-state index in [2.05, 4.69) is 43.9 Å². The molecule has 7 heteroatoms. The first kappa shape index (κ1) is 21.2. The summed E-state index contributed by atoms with van der Waals surface area (Å²) in [6.45, 7) is 7.31. The second-order valence-corrected chi connectivity index (χ2v) is 8.02. The number of carbonyl (C=O) groups excluding carboxylic acids is 2. The highest BCUT2D eigenvalue weighted by atomic mass is 79.9. The molecule has 0 aliphatic carbocycles. The van der Waals surface area contributed by atoms with Crippen molar-refractivity contribution in [3.63, 3.8) is 0 Å². The first-order chi connectivity index (χ1) is 12.8. The number of aryl methyl sites for hydroxylation is 2. The third kappa shape index (κ3) is 6.52. The molecule has 0 spiro atoms. The van der Waals surface area contributed by atoms with Gasteiger partial charge in [-0.25, -0.2) is 5.43 Å². The molecule has 0 radical (unpaired) electrons. The Kier molecular flexibility index (Phi) is 7.62. The minimum Gasteiger partial charge on any atom is -0.326 e. The fourth-order valence-corrected chi connectivity index (χ4v) is 3.68. The molecule has 27 heavy (non-hydrogen) atoms. The Balaban J connectivity index is 1.96. The number of rotatable bonds is 6. The lowest BCUT2D eigenvalue weighted by Gasteiger charge is -2.09. The first-order valence-corrected chi connectivity index (χ1v) is 10.1. The van der Waals surface area contributed by atoms with Crippen LogP contribution in [0.15, 0.2) is 50.9 Å². The van der Waals surface area contributed by atoms with Crippen LogP contribution in [0, 0.1) is 13.8 Å². The Morgan fingerprint density at radius 3 is 2.56 bits per heavy atom. The molecule has 142 valence electrons. The zero-order valence-corrected chi connectivity index (χ0v) is 18.1. The van der Waals surface area contributed by atoms with Crippen molar-refractivity contribution in [2.75, 3.05) is 11.1 Å². The molecule has 0 atom stereocenters. The van der Waals surface area contributed by atoms with E-state index in [4.69, 9.17) is 0 Å². The number of hydrogen-bond acceptors (Lipinski definition) is 4. The maximum atomic E-state index is 12.1. The summed E-state index contributed by atoms with van der Waals surface area (Å²) in [6, 6.07) is 11.4. The van der Waals surface area contributed by atoms with Gasteiger partial charge in [-0.2, -0.15) is 5.10 Å². The standard InChI is InChI=1S/C20H22BrN3O2S/c1-12-9-19(13(2)8-18(12)21)27-11-20(26)24-23-14(3)16-6-5-7-17(10-16)22-15(4)25/h5-10H,11H2,1-4H3,(H,22,25)(H,24,26)/b23-14-. The van der Waals surface area contributed by atoms with Gasteiger partial charge in [-0.15, -0.1) is 11.8 Å². The van der Waals surface area contributed by atoms with Gasteiger partial charge < -0.3 is 5.32 Å². The van der Waals surface area contributed by atoms with E-state index in [0.29, 0.717) is 11.4 Å². The molecule has 2 rings (SSSR count). The largest absolute Gasteiger partial charge is 0.326 e. The Morgan fingerprint density at radius 1 is 1.11 bits per heavy atom. The molecule has 2 N–H and O–H groups in total. The van der Waals surface area contributed by atoms with Crippen LogP contribution in [-0.4, -0.2) is 23.3 Å². The Hall–Kier alpha value is -2.12. The molecule has 0 bridgehead atoms. The van der Waals surface area contributed by atoms with Gasteiger partial charge in [0.2, 0.25) is 11.8 Å². The van der Waals surface area contributed by atoms with Crippen LogP contribution in [0.2, 0.25) is 0 Å². The fraction of sp³-hybridized carbons (Fsp3) is 0.250. The van der Waals surface area contributed by atoms with Gasteiger partial charge in [-0.1, -0.05) is 28.1 Å². The van der Waals surface area contributed by atoms with E-state index in [1.54, 1.807) is 6.07 Å². The number of hydrogen-bond donors (Lipinski definition) is 2. The lowest BCUT2D eigenvalue weighted by Crippen LogP contribution is -2.21. The van der Waals surface area contributed by atoms with Crippen molar-refractivity contribution in [1.82, 2.24) is 5.43 Å². The topological polar surface area (TPSA) is 70.6 Å². The van der Waals surface area contributed by atoms with Crippen molar-refractivity contribution < 1.29 is 9.59 Å². The molecular formula is C20H22BrN3O2S. The van der Waals surface area contributed by atoms with Crippen LogP contribution in [0.25, 0.3) is 0 Å². The number of halogens is 1. The molecule has 0 heterocycles. The van der Waals surface area contributed by atoms with Gasteiger partial charge >= 0.3 is 0 Å². The number of nitrogens with one attached hydrogen (secondary N) is 2. The normalized spacial score (nSPS) is 11.2. The van der Waals surface area contributed by atoms with E-state index in [1.807, 2.05) is 39.0 Å². The smallest absolute Gasteiger partial charge is 0.250 e. The second kappa shape index (κ2) is 9.71. The SMILES string of the molecule is CC(=O)Nc1cccc(/C(C)=N\NC(=O)CSc2cc(C)c(Br)cc2C)c1. The number of thioether (sulfide) groups is 1. The quantitative estimate of drug-likeness (QED) is 0.384. The Labute approximate surface area is 172 Å². The van der Waals surface area contributed by atoms with Crippen LogP contribution in [0.3, 0.4) is 0 Å². The molecular weight excluding hydrogens is 426 g/mol. The number of nitrogens with zero attached hydrogens (tertiary/aromatic N) is 1. The lowest BCUT2D eigenvalue weighted by molar-refractivity contribution is -0.118. The summed E-state index contributed by atoms with van der Waals surface area (Å²) in [7, 11) is 0. The molecule has 0 aliphatic heterocycles. The zero-order chi connectivity index (χ0) is 20.0. The predicted molar refractivity (Wildman–Crippen MR) is 115 cm³/mol. The third-order valence-electron chi connectivity index (χ3n) is 3.76. The molecule has 0 aromatic heterocycles. The number of amides is 2. The predicted octanol–water partition coefficient (Wildman–Crippen LogP) is 4.66. The summed E-state index contributed by atoms with van der Waals surface area (Å²) >= 11 is 5.00. The molecule has 5 nitrogen and oxygen atoms in total. The minimum atomic E-state index is -0.169. The van der Waals surface area contributed by atoms with Gasteiger partial charge in [-0.05, 0) is 61.7 Å². The fourth-order valence-electron chi connectivity index (χ4n) is 2.32. The van der Waals surface area contributed by atoms with Crippen molar-refractivity contribution in [3.05, 3.63) is 57.6 Å². The van der Waals surface area contributed by atoms with Crippen molar-refractivity contribution >= 4 is 50.9 Å². The lowest BCUT2D eigenvalue weighted by atomic mass is 10.1. The maximum absolute atomic E-state index is 12.1. The van der Waals surface area contributed by atoms with Gasteiger partial charge in [0.05, 0.1) is 11.5 Å². The van der Waals surface area contributed by atoms with Gasteiger partial charge in [0.1, 0.15) is 0 Å². The number of benzene rings is 2. The van der Waals surface area contributed by atoms with Crippen molar-refractivity contribution in [2.45, 2.75) is 32.6 Å². The van der Waals surface area contributed by atoms with E-state index in [1.165, 1.54) is 18.7 Å². The molecule has 2 aromatic rings. The van der Waals surface area contributed by atoms with Crippen LogP contribution >= 0.6 is 27.7 Å². The number of hydrazone groups is 1. The molecule has 0 saturated heterocycles. The summed E-state index contributed by atoms with van der Waals surface area (Å²) in [5.41, 5.74) is 7.03. The summed E-state index contributed by atoms with van der Waals surface area (Å²) < 4.78 is 1.07. The van der Waals surface area contributed by atoms with E-state index >= 15 is 0 Å². The molecule has 0 fully saturated rings. The average molecular weight is 448 g/mol. The van der Waals surface area contributed by atoms with Crippen LogP contribution in [0.1, 0.15) is 30.5 Å². The van der Waals surface area contributed by atoms with E-state index in [9.17, 15) is 9.59 Å². The van der Waals surface area contributed by atoms with Crippen molar-refractivity contribution in [3.8, 4) is 0 Å². The van der Waals surface area contributed by atoms with E-state index < -0.39 is 0 Å².